The van der Waals surface area contributed by atoms with Crippen molar-refractivity contribution in [1.82, 2.24) is 14.8 Å². The fraction of sp³-hybridized carbons (Fsp3) is 0.636. The maximum atomic E-state index is 11.8. The van der Waals surface area contributed by atoms with Crippen LogP contribution in [0.2, 0.25) is 5.02 Å². The third-order valence-corrected chi connectivity index (χ3v) is 7.67. The molecule has 2 N–H and O–H groups in total. The van der Waals surface area contributed by atoms with E-state index in [9.17, 15) is 4.79 Å². The van der Waals surface area contributed by atoms with E-state index in [1.165, 1.54) is 32.1 Å². The highest BCUT2D eigenvalue weighted by Gasteiger charge is 2.40. The Bertz CT molecular complexity index is 948. The Kier molecular flexibility index (Phi) is 5.16. The molecule has 2 unspecified atom stereocenters. The SMILES string of the molecule is C[C@H]1CN(C2CC3CCCC(C2)N3C)CCN1c1nc2c(C(N)=O)cc(Cl)cc2o1. The zero-order valence-corrected chi connectivity index (χ0v) is 18.4. The number of piperazine rings is 1. The van der Waals surface area contributed by atoms with E-state index in [2.05, 4.69) is 33.7 Å². The number of primary amides is 1. The van der Waals surface area contributed by atoms with Crippen LogP contribution in [-0.4, -0.2) is 71.5 Å². The number of nitrogens with two attached hydrogens (primary N) is 1. The number of hydrogen-bond donors (Lipinski definition) is 1. The van der Waals surface area contributed by atoms with E-state index >= 15 is 0 Å². The second-order valence-electron chi connectivity index (χ2n) is 9.23. The van der Waals surface area contributed by atoms with Gasteiger partial charge < -0.3 is 20.0 Å². The largest absolute Gasteiger partial charge is 0.423 e. The number of nitrogens with zero attached hydrogens (tertiary/aromatic N) is 4. The number of fused-ring (bicyclic) bond motifs is 3. The minimum Gasteiger partial charge on any atom is -0.423 e. The van der Waals surface area contributed by atoms with Crippen LogP contribution in [0.3, 0.4) is 0 Å². The molecule has 1 amide bonds. The lowest BCUT2D eigenvalue weighted by Crippen LogP contribution is -2.60. The zero-order chi connectivity index (χ0) is 21.0. The second kappa shape index (κ2) is 7.70. The van der Waals surface area contributed by atoms with Crippen molar-refractivity contribution in [2.75, 3.05) is 31.6 Å². The van der Waals surface area contributed by atoms with Crippen molar-refractivity contribution >= 4 is 34.6 Å². The Hall–Kier alpha value is -1.83. The van der Waals surface area contributed by atoms with Gasteiger partial charge in [0.2, 0.25) is 0 Å². The van der Waals surface area contributed by atoms with Gasteiger partial charge in [-0.25, -0.2) is 0 Å². The van der Waals surface area contributed by atoms with E-state index < -0.39 is 5.91 Å². The lowest BCUT2D eigenvalue weighted by Gasteiger charge is -2.51. The Morgan fingerprint density at radius 1 is 1.20 bits per heavy atom. The monoisotopic (exact) mass is 431 g/mol. The average molecular weight is 432 g/mol. The lowest BCUT2D eigenvalue weighted by molar-refractivity contribution is 0.00375. The molecule has 2 bridgehead atoms. The first-order valence-electron chi connectivity index (χ1n) is 11.0. The smallest absolute Gasteiger partial charge is 0.298 e. The summed E-state index contributed by atoms with van der Waals surface area (Å²) in [5, 5.41) is 0.421. The molecule has 0 saturated carbocycles. The van der Waals surface area contributed by atoms with Gasteiger partial charge in [0.25, 0.3) is 11.9 Å². The standard InChI is InChI=1S/C22H30ClN5O2/c1-13-12-27(17-10-15-4-3-5-16(11-17)26(15)2)6-7-28(13)22-25-20-18(21(24)29)8-14(23)9-19(20)30-22/h8-9,13,15-17H,3-7,10-12H2,1-2H3,(H2,24,29)/t13-,15?,16?,17?/m0/s1. The summed E-state index contributed by atoms with van der Waals surface area (Å²) in [6, 6.07) is 6.22. The summed E-state index contributed by atoms with van der Waals surface area (Å²) in [6.45, 7) is 5.07. The number of piperidine rings is 2. The average Bonchev–Trinajstić information content (AvgIpc) is 3.10. The van der Waals surface area contributed by atoms with Gasteiger partial charge in [0.05, 0.1) is 5.56 Å². The predicted molar refractivity (Wildman–Crippen MR) is 118 cm³/mol. The summed E-state index contributed by atoms with van der Waals surface area (Å²) in [6.07, 6.45) is 6.62. The van der Waals surface area contributed by atoms with Gasteiger partial charge in [0, 0.05) is 54.9 Å². The molecule has 0 spiro atoms. The van der Waals surface area contributed by atoms with Crippen molar-refractivity contribution < 1.29 is 9.21 Å². The van der Waals surface area contributed by atoms with Gasteiger partial charge in [-0.3, -0.25) is 9.69 Å². The minimum atomic E-state index is -0.548. The van der Waals surface area contributed by atoms with Crippen molar-refractivity contribution in [2.24, 2.45) is 5.73 Å². The van der Waals surface area contributed by atoms with Crippen LogP contribution >= 0.6 is 11.6 Å². The van der Waals surface area contributed by atoms with Crippen LogP contribution < -0.4 is 10.6 Å². The van der Waals surface area contributed by atoms with Gasteiger partial charge in [-0.05, 0) is 45.7 Å². The molecular weight excluding hydrogens is 402 g/mol. The van der Waals surface area contributed by atoms with E-state index in [1.807, 2.05) is 0 Å². The molecule has 4 heterocycles. The Morgan fingerprint density at radius 2 is 1.93 bits per heavy atom. The van der Waals surface area contributed by atoms with Gasteiger partial charge in [-0.1, -0.05) is 18.0 Å². The van der Waals surface area contributed by atoms with Gasteiger partial charge >= 0.3 is 0 Å². The Morgan fingerprint density at radius 3 is 2.60 bits per heavy atom. The van der Waals surface area contributed by atoms with Crippen LogP contribution in [0, 0.1) is 0 Å². The summed E-state index contributed by atoms with van der Waals surface area (Å²) < 4.78 is 6.00. The van der Waals surface area contributed by atoms with Gasteiger partial charge in [0.15, 0.2) is 5.58 Å². The molecular formula is C22H30ClN5O2. The van der Waals surface area contributed by atoms with Crippen molar-refractivity contribution in [1.29, 1.82) is 0 Å². The van der Waals surface area contributed by atoms with Gasteiger partial charge in [-0.2, -0.15) is 4.98 Å². The van der Waals surface area contributed by atoms with Gasteiger partial charge in [-0.15, -0.1) is 0 Å². The Labute approximate surface area is 182 Å². The number of halogens is 1. The number of rotatable bonds is 3. The molecule has 3 aliphatic rings. The topological polar surface area (TPSA) is 78.8 Å². The molecule has 0 aliphatic carbocycles. The number of carbonyl (C=O) groups excluding carboxylic acids is 1. The zero-order valence-electron chi connectivity index (χ0n) is 17.7. The van der Waals surface area contributed by atoms with Crippen molar-refractivity contribution in [3.05, 3.63) is 22.7 Å². The molecule has 162 valence electrons. The number of amides is 1. The summed E-state index contributed by atoms with van der Waals surface area (Å²) >= 11 is 6.13. The van der Waals surface area contributed by atoms with Crippen LogP contribution in [0.15, 0.2) is 16.5 Å². The molecule has 3 aliphatic heterocycles. The molecule has 1 aromatic carbocycles. The van der Waals surface area contributed by atoms with E-state index in [-0.39, 0.29) is 6.04 Å². The van der Waals surface area contributed by atoms with Crippen LogP contribution in [0.25, 0.3) is 11.1 Å². The molecule has 8 heteroatoms. The Balaban J connectivity index is 1.33. The van der Waals surface area contributed by atoms with Crippen LogP contribution in [0.4, 0.5) is 6.01 Å². The predicted octanol–water partition coefficient (Wildman–Crippen LogP) is 3.11. The first-order valence-corrected chi connectivity index (χ1v) is 11.4. The fourth-order valence-corrected chi connectivity index (χ4v) is 5.99. The molecule has 0 radical (unpaired) electrons. The molecule has 1 aromatic heterocycles. The highest BCUT2D eigenvalue weighted by molar-refractivity contribution is 6.32. The first kappa shape index (κ1) is 20.1. The van der Waals surface area contributed by atoms with Crippen molar-refractivity contribution in [2.45, 2.75) is 63.2 Å². The molecule has 7 nitrogen and oxygen atoms in total. The van der Waals surface area contributed by atoms with Crippen molar-refractivity contribution in [3.63, 3.8) is 0 Å². The first-order chi connectivity index (χ1) is 14.4. The number of carbonyl (C=O) groups is 1. The number of anilines is 1. The number of oxazole rings is 1. The lowest BCUT2D eigenvalue weighted by atomic mass is 9.81. The van der Waals surface area contributed by atoms with Crippen LogP contribution in [-0.2, 0) is 0 Å². The van der Waals surface area contributed by atoms with E-state index in [4.69, 9.17) is 21.8 Å². The molecule has 2 aromatic rings. The van der Waals surface area contributed by atoms with Crippen LogP contribution in [0.5, 0.6) is 0 Å². The maximum Gasteiger partial charge on any atom is 0.298 e. The van der Waals surface area contributed by atoms with Crippen molar-refractivity contribution in [3.8, 4) is 0 Å². The summed E-state index contributed by atoms with van der Waals surface area (Å²) in [5.74, 6) is -0.548. The van der Waals surface area contributed by atoms with E-state index in [0.717, 1.165) is 31.7 Å². The summed E-state index contributed by atoms with van der Waals surface area (Å²) in [4.78, 5) is 23.9. The summed E-state index contributed by atoms with van der Waals surface area (Å²) in [7, 11) is 2.31. The normalized spacial score (nSPS) is 30.7. The molecule has 3 saturated heterocycles. The quantitative estimate of drug-likeness (QED) is 0.804. The highest BCUT2D eigenvalue weighted by Crippen LogP contribution is 2.36. The second-order valence-corrected chi connectivity index (χ2v) is 9.66. The highest BCUT2D eigenvalue weighted by atomic mass is 35.5. The van der Waals surface area contributed by atoms with Gasteiger partial charge in [0.1, 0.15) is 5.52 Å². The molecule has 3 fully saturated rings. The third kappa shape index (κ3) is 3.47. The number of hydrogen-bond acceptors (Lipinski definition) is 6. The molecule has 5 rings (SSSR count). The number of aromatic nitrogens is 1. The third-order valence-electron chi connectivity index (χ3n) is 7.45. The van der Waals surface area contributed by atoms with E-state index in [0.29, 0.717) is 33.7 Å². The number of benzene rings is 1. The summed E-state index contributed by atoms with van der Waals surface area (Å²) in [5.41, 5.74) is 6.80. The van der Waals surface area contributed by atoms with Crippen LogP contribution in [0.1, 0.15) is 49.4 Å². The molecule has 3 atom stereocenters. The fourth-order valence-electron chi connectivity index (χ4n) is 5.78. The molecule has 30 heavy (non-hydrogen) atoms. The van der Waals surface area contributed by atoms with E-state index in [1.54, 1.807) is 12.1 Å². The minimum absolute atomic E-state index is 0.277. The maximum absolute atomic E-state index is 11.8.